The van der Waals surface area contributed by atoms with Gasteiger partial charge in [-0.25, -0.2) is 9.59 Å². The van der Waals surface area contributed by atoms with Crippen LogP contribution in [0.4, 0.5) is 10.5 Å². The minimum Gasteiger partial charge on any atom is -0.481 e. The zero-order valence-electron chi connectivity index (χ0n) is 15.9. The van der Waals surface area contributed by atoms with E-state index in [2.05, 4.69) is 5.32 Å². The lowest BCUT2D eigenvalue weighted by Gasteiger charge is -2.17. The Morgan fingerprint density at radius 1 is 0.967 bits per heavy atom. The first kappa shape index (κ1) is 22.3. The van der Waals surface area contributed by atoms with Gasteiger partial charge in [-0.05, 0) is 29.7 Å². The molecule has 0 spiro atoms. The van der Waals surface area contributed by atoms with Crippen LogP contribution in [0.3, 0.4) is 0 Å². The molecule has 2 aromatic carbocycles. The SMILES string of the molecule is O=C(O)CC[C@H](NC(=O)OCc1ccc([N+](=O)[O-])cc1)C(=O)OCc1ccccc1. The van der Waals surface area contributed by atoms with Gasteiger partial charge in [-0.1, -0.05) is 30.3 Å². The molecule has 0 bridgehead atoms. The van der Waals surface area contributed by atoms with Crippen molar-refractivity contribution in [2.75, 3.05) is 0 Å². The number of carbonyl (C=O) groups excluding carboxylic acids is 2. The number of ether oxygens (including phenoxy) is 2. The van der Waals surface area contributed by atoms with Gasteiger partial charge in [0, 0.05) is 18.6 Å². The summed E-state index contributed by atoms with van der Waals surface area (Å²) in [5.41, 5.74) is 1.14. The summed E-state index contributed by atoms with van der Waals surface area (Å²) in [6.45, 7) is -0.211. The number of non-ortho nitro benzene ring substituents is 1. The Kier molecular flexibility index (Phi) is 8.30. The molecule has 2 rings (SSSR count). The highest BCUT2D eigenvalue weighted by molar-refractivity contribution is 5.82. The van der Waals surface area contributed by atoms with Crippen LogP contribution in [0.15, 0.2) is 54.6 Å². The van der Waals surface area contributed by atoms with Crippen LogP contribution in [0, 0.1) is 10.1 Å². The van der Waals surface area contributed by atoms with E-state index in [4.69, 9.17) is 14.6 Å². The Morgan fingerprint density at radius 3 is 2.17 bits per heavy atom. The predicted octanol–water partition coefficient (Wildman–Crippen LogP) is 2.80. The number of esters is 1. The monoisotopic (exact) mass is 416 g/mol. The Labute approximate surface area is 171 Å². The van der Waals surface area contributed by atoms with Crippen molar-refractivity contribution in [3.05, 3.63) is 75.8 Å². The van der Waals surface area contributed by atoms with Gasteiger partial charge >= 0.3 is 18.0 Å². The topological polar surface area (TPSA) is 145 Å². The molecule has 30 heavy (non-hydrogen) atoms. The average molecular weight is 416 g/mol. The predicted molar refractivity (Wildman–Crippen MR) is 103 cm³/mol. The number of rotatable bonds is 10. The smallest absolute Gasteiger partial charge is 0.408 e. The Balaban J connectivity index is 1.89. The summed E-state index contributed by atoms with van der Waals surface area (Å²) in [7, 11) is 0. The normalized spacial score (nSPS) is 11.2. The van der Waals surface area contributed by atoms with Crippen molar-refractivity contribution in [2.45, 2.75) is 32.1 Å². The first-order chi connectivity index (χ1) is 14.3. The van der Waals surface area contributed by atoms with Gasteiger partial charge in [-0.2, -0.15) is 0 Å². The van der Waals surface area contributed by atoms with Gasteiger partial charge in [0.2, 0.25) is 0 Å². The number of carboxylic acids is 1. The highest BCUT2D eigenvalue weighted by Crippen LogP contribution is 2.13. The number of amides is 1. The van der Waals surface area contributed by atoms with E-state index in [0.717, 1.165) is 5.56 Å². The largest absolute Gasteiger partial charge is 0.481 e. The molecule has 0 aliphatic heterocycles. The lowest BCUT2D eigenvalue weighted by atomic mass is 10.1. The van der Waals surface area contributed by atoms with Crippen molar-refractivity contribution in [1.82, 2.24) is 5.32 Å². The number of nitrogens with one attached hydrogen (secondary N) is 1. The third-order valence-electron chi connectivity index (χ3n) is 3.96. The molecular formula is C20H20N2O8. The fourth-order valence-corrected chi connectivity index (χ4v) is 2.39. The molecule has 0 fully saturated rings. The minimum absolute atomic E-state index is 0.0250. The van der Waals surface area contributed by atoms with Crippen molar-refractivity contribution >= 4 is 23.7 Å². The van der Waals surface area contributed by atoms with Crippen molar-refractivity contribution < 1.29 is 33.9 Å². The van der Waals surface area contributed by atoms with Gasteiger partial charge in [0.15, 0.2) is 0 Å². The van der Waals surface area contributed by atoms with E-state index < -0.39 is 29.0 Å². The van der Waals surface area contributed by atoms with E-state index in [0.29, 0.717) is 5.56 Å². The van der Waals surface area contributed by atoms with Crippen molar-refractivity contribution in [2.24, 2.45) is 0 Å². The van der Waals surface area contributed by atoms with Crippen LogP contribution < -0.4 is 5.32 Å². The van der Waals surface area contributed by atoms with E-state index in [9.17, 15) is 24.5 Å². The van der Waals surface area contributed by atoms with Gasteiger partial charge in [0.05, 0.1) is 4.92 Å². The maximum absolute atomic E-state index is 12.3. The van der Waals surface area contributed by atoms with E-state index in [1.807, 2.05) is 6.07 Å². The van der Waals surface area contributed by atoms with Gasteiger partial charge in [0.1, 0.15) is 19.3 Å². The van der Waals surface area contributed by atoms with Crippen LogP contribution >= 0.6 is 0 Å². The zero-order valence-corrected chi connectivity index (χ0v) is 15.9. The molecule has 0 aliphatic rings. The number of carboxylic acid groups (broad SMARTS) is 1. The second-order valence-electron chi connectivity index (χ2n) is 6.22. The van der Waals surface area contributed by atoms with Gasteiger partial charge in [0.25, 0.3) is 5.69 Å². The number of hydrogen-bond acceptors (Lipinski definition) is 7. The zero-order chi connectivity index (χ0) is 21.9. The van der Waals surface area contributed by atoms with Crippen LogP contribution in [0.5, 0.6) is 0 Å². The van der Waals surface area contributed by atoms with Crippen molar-refractivity contribution in [1.29, 1.82) is 0 Å². The molecule has 0 aromatic heterocycles. The number of nitrogens with zero attached hydrogens (tertiary/aromatic N) is 1. The number of carbonyl (C=O) groups is 3. The summed E-state index contributed by atoms with van der Waals surface area (Å²) < 4.78 is 10.2. The second kappa shape index (κ2) is 11.1. The van der Waals surface area contributed by atoms with E-state index in [1.165, 1.54) is 24.3 Å². The molecule has 158 valence electrons. The standard InChI is InChI=1S/C20H20N2O8/c23-18(24)11-10-17(19(25)29-12-14-4-2-1-3-5-14)21-20(26)30-13-15-6-8-16(9-7-15)22(27)28/h1-9,17H,10-13H2,(H,21,26)(H,23,24)/t17-/m0/s1. The maximum atomic E-state index is 12.3. The van der Waals surface area contributed by atoms with Crippen LogP contribution in [0.2, 0.25) is 0 Å². The second-order valence-corrected chi connectivity index (χ2v) is 6.22. The maximum Gasteiger partial charge on any atom is 0.408 e. The molecule has 10 heteroatoms. The molecule has 0 radical (unpaired) electrons. The summed E-state index contributed by atoms with van der Waals surface area (Å²) in [6.07, 6.45) is -1.47. The summed E-state index contributed by atoms with van der Waals surface area (Å²) in [5, 5.41) is 21.8. The molecule has 1 amide bonds. The summed E-state index contributed by atoms with van der Waals surface area (Å²) in [5.74, 6) is -1.91. The van der Waals surface area contributed by atoms with Gasteiger partial charge < -0.3 is 19.9 Å². The first-order valence-electron chi connectivity index (χ1n) is 8.94. The molecular weight excluding hydrogens is 396 g/mol. The van der Waals surface area contributed by atoms with Gasteiger partial charge in [-0.3, -0.25) is 14.9 Å². The number of alkyl carbamates (subject to hydrolysis) is 1. The highest BCUT2D eigenvalue weighted by atomic mass is 16.6. The highest BCUT2D eigenvalue weighted by Gasteiger charge is 2.24. The fraction of sp³-hybridized carbons (Fsp3) is 0.250. The fourth-order valence-electron chi connectivity index (χ4n) is 2.39. The number of nitro benzene ring substituents is 1. The molecule has 10 nitrogen and oxygen atoms in total. The first-order valence-corrected chi connectivity index (χ1v) is 8.94. The summed E-state index contributed by atoms with van der Waals surface area (Å²) in [4.78, 5) is 45.2. The molecule has 2 aromatic rings. The average Bonchev–Trinajstić information content (AvgIpc) is 2.74. The Morgan fingerprint density at radius 2 is 1.57 bits per heavy atom. The summed E-state index contributed by atoms with van der Waals surface area (Å²) >= 11 is 0. The Bertz CT molecular complexity index is 883. The quantitative estimate of drug-likeness (QED) is 0.342. The molecule has 0 saturated carbocycles. The summed E-state index contributed by atoms with van der Waals surface area (Å²) in [6, 6.07) is 13.1. The van der Waals surface area contributed by atoms with Crippen LogP contribution in [-0.2, 0) is 32.3 Å². The number of nitro groups is 1. The van der Waals surface area contributed by atoms with Crippen LogP contribution in [0.25, 0.3) is 0 Å². The molecule has 1 atom stereocenters. The lowest BCUT2D eigenvalue weighted by Crippen LogP contribution is -2.42. The van der Waals surface area contributed by atoms with E-state index in [1.54, 1.807) is 24.3 Å². The number of hydrogen-bond donors (Lipinski definition) is 2. The van der Waals surface area contributed by atoms with Crippen LogP contribution in [-0.4, -0.2) is 34.1 Å². The molecule has 2 N–H and O–H groups in total. The van der Waals surface area contributed by atoms with Crippen molar-refractivity contribution in [3.63, 3.8) is 0 Å². The van der Waals surface area contributed by atoms with E-state index in [-0.39, 0.29) is 31.7 Å². The number of benzene rings is 2. The molecule has 0 heterocycles. The molecule has 0 aliphatic carbocycles. The third-order valence-corrected chi connectivity index (χ3v) is 3.96. The molecule has 0 saturated heterocycles. The third kappa shape index (κ3) is 7.58. The number of aliphatic carboxylic acids is 1. The molecule has 0 unspecified atom stereocenters. The minimum atomic E-state index is -1.20. The van der Waals surface area contributed by atoms with E-state index >= 15 is 0 Å². The van der Waals surface area contributed by atoms with Crippen LogP contribution in [0.1, 0.15) is 24.0 Å². The lowest BCUT2D eigenvalue weighted by molar-refractivity contribution is -0.384. The Hall–Kier alpha value is -3.95. The van der Waals surface area contributed by atoms with Gasteiger partial charge in [-0.15, -0.1) is 0 Å². The van der Waals surface area contributed by atoms with Crippen molar-refractivity contribution in [3.8, 4) is 0 Å².